The van der Waals surface area contributed by atoms with Crippen molar-refractivity contribution in [1.82, 2.24) is 0 Å². The fourth-order valence-corrected chi connectivity index (χ4v) is 2.52. The molecule has 2 aromatic carbocycles. The molecule has 0 spiro atoms. The Balaban J connectivity index is 2.11. The summed E-state index contributed by atoms with van der Waals surface area (Å²) in [6, 6.07) is 8.82. The molecule has 0 aliphatic heterocycles. The van der Waals surface area contributed by atoms with Gasteiger partial charge in [-0.3, -0.25) is 4.79 Å². The first-order valence-electron chi connectivity index (χ1n) is 6.97. The number of hydrogen-bond donors (Lipinski definition) is 1. The number of amides is 1. The predicted octanol–water partition coefficient (Wildman–Crippen LogP) is 5.67. The molecule has 2 rings (SSSR count). The van der Waals surface area contributed by atoms with Gasteiger partial charge in [0.1, 0.15) is 5.75 Å². The number of hydrogen-bond acceptors (Lipinski definition) is 2. The van der Waals surface area contributed by atoms with Crippen LogP contribution in [0.1, 0.15) is 18.1 Å². The van der Waals surface area contributed by atoms with E-state index < -0.39 is 6.10 Å². The minimum absolute atomic E-state index is 0.277. The fourth-order valence-electron chi connectivity index (χ4n) is 1.94. The van der Waals surface area contributed by atoms with E-state index in [1.165, 1.54) is 12.1 Å². The van der Waals surface area contributed by atoms with Crippen LogP contribution in [-0.4, -0.2) is 12.0 Å². The van der Waals surface area contributed by atoms with E-state index in [0.29, 0.717) is 20.8 Å². The van der Waals surface area contributed by atoms with Gasteiger partial charge in [0.15, 0.2) is 6.10 Å². The molecule has 1 N–H and O–H groups in total. The highest BCUT2D eigenvalue weighted by molar-refractivity contribution is 6.43. The predicted molar refractivity (Wildman–Crippen MR) is 96.1 cm³/mol. The quantitative estimate of drug-likeness (QED) is 0.702. The van der Waals surface area contributed by atoms with Gasteiger partial charge in [0.05, 0.1) is 15.1 Å². The Morgan fingerprint density at radius 3 is 2.39 bits per heavy atom. The number of aryl methyl sites for hydroxylation is 2. The zero-order valence-electron chi connectivity index (χ0n) is 12.9. The molecule has 1 unspecified atom stereocenters. The van der Waals surface area contributed by atoms with Crippen molar-refractivity contribution in [3.05, 3.63) is 56.5 Å². The lowest BCUT2D eigenvalue weighted by atomic mass is 10.1. The molecule has 2 aromatic rings. The summed E-state index contributed by atoms with van der Waals surface area (Å²) < 4.78 is 5.60. The molecule has 0 fully saturated rings. The van der Waals surface area contributed by atoms with Gasteiger partial charge in [0, 0.05) is 11.8 Å². The van der Waals surface area contributed by atoms with Crippen LogP contribution in [0.25, 0.3) is 0 Å². The Labute approximate surface area is 150 Å². The lowest BCUT2D eigenvalue weighted by Crippen LogP contribution is -2.30. The summed E-state index contributed by atoms with van der Waals surface area (Å²) in [6.07, 6.45) is -0.746. The van der Waals surface area contributed by atoms with Crippen molar-refractivity contribution in [2.75, 3.05) is 5.32 Å². The highest BCUT2D eigenvalue weighted by atomic mass is 35.5. The minimum atomic E-state index is -0.746. The third-order valence-corrected chi connectivity index (χ3v) is 4.32. The van der Waals surface area contributed by atoms with Crippen LogP contribution in [0.5, 0.6) is 5.75 Å². The monoisotopic (exact) mass is 371 g/mol. The molecular weight excluding hydrogens is 357 g/mol. The average molecular weight is 373 g/mol. The molecule has 0 bridgehead atoms. The van der Waals surface area contributed by atoms with E-state index in [4.69, 9.17) is 39.5 Å². The van der Waals surface area contributed by atoms with Crippen molar-refractivity contribution in [3.63, 3.8) is 0 Å². The third kappa shape index (κ3) is 4.54. The van der Waals surface area contributed by atoms with Crippen molar-refractivity contribution < 1.29 is 9.53 Å². The van der Waals surface area contributed by atoms with E-state index in [9.17, 15) is 4.79 Å². The van der Waals surface area contributed by atoms with E-state index in [1.807, 2.05) is 32.0 Å². The molecule has 0 radical (unpaired) electrons. The number of benzene rings is 2. The first-order valence-corrected chi connectivity index (χ1v) is 8.10. The standard InChI is InChI=1S/C17H16Cl3NO2/c1-9-4-5-10(2)15(6-9)21-17(22)11(3)23-16-8-13(19)12(18)7-14(16)20/h4-8,11H,1-3H3,(H,21,22). The van der Waals surface area contributed by atoms with Crippen molar-refractivity contribution in [1.29, 1.82) is 0 Å². The molecule has 23 heavy (non-hydrogen) atoms. The molecule has 0 aliphatic carbocycles. The summed E-state index contributed by atoms with van der Waals surface area (Å²) in [7, 11) is 0. The van der Waals surface area contributed by atoms with Gasteiger partial charge in [-0.05, 0) is 44.0 Å². The van der Waals surface area contributed by atoms with Crippen LogP contribution in [-0.2, 0) is 4.79 Å². The van der Waals surface area contributed by atoms with Crippen LogP contribution in [0.4, 0.5) is 5.69 Å². The Hall–Kier alpha value is -1.42. The van der Waals surface area contributed by atoms with Gasteiger partial charge < -0.3 is 10.1 Å². The van der Waals surface area contributed by atoms with Gasteiger partial charge in [-0.1, -0.05) is 46.9 Å². The topological polar surface area (TPSA) is 38.3 Å². The Bertz CT molecular complexity index is 747. The fraction of sp³-hybridized carbons (Fsp3) is 0.235. The second-order valence-electron chi connectivity index (χ2n) is 5.26. The van der Waals surface area contributed by atoms with Crippen LogP contribution in [0.3, 0.4) is 0 Å². The number of rotatable bonds is 4. The molecule has 0 heterocycles. The smallest absolute Gasteiger partial charge is 0.265 e. The molecule has 3 nitrogen and oxygen atoms in total. The van der Waals surface area contributed by atoms with Crippen molar-refractivity contribution in [2.45, 2.75) is 26.9 Å². The van der Waals surface area contributed by atoms with Crippen LogP contribution in [0, 0.1) is 13.8 Å². The second kappa shape index (κ2) is 7.43. The van der Waals surface area contributed by atoms with Gasteiger partial charge in [-0.2, -0.15) is 0 Å². The van der Waals surface area contributed by atoms with E-state index >= 15 is 0 Å². The maximum Gasteiger partial charge on any atom is 0.265 e. The van der Waals surface area contributed by atoms with E-state index in [0.717, 1.165) is 16.8 Å². The van der Waals surface area contributed by atoms with Crippen LogP contribution >= 0.6 is 34.8 Å². The lowest BCUT2D eigenvalue weighted by Gasteiger charge is -2.17. The molecule has 0 aliphatic rings. The summed E-state index contributed by atoms with van der Waals surface area (Å²) >= 11 is 17.9. The Morgan fingerprint density at radius 1 is 1.04 bits per heavy atom. The minimum Gasteiger partial charge on any atom is -0.479 e. The maximum absolute atomic E-state index is 12.3. The van der Waals surface area contributed by atoms with Gasteiger partial charge in [-0.25, -0.2) is 0 Å². The van der Waals surface area contributed by atoms with Crippen molar-refractivity contribution >= 4 is 46.4 Å². The number of anilines is 1. The van der Waals surface area contributed by atoms with E-state index in [2.05, 4.69) is 5.32 Å². The largest absolute Gasteiger partial charge is 0.479 e. The first kappa shape index (κ1) is 17.9. The summed E-state index contributed by atoms with van der Waals surface area (Å²) in [5.74, 6) is 0.0329. The second-order valence-corrected chi connectivity index (χ2v) is 6.49. The van der Waals surface area contributed by atoms with E-state index in [1.54, 1.807) is 6.92 Å². The van der Waals surface area contributed by atoms with E-state index in [-0.39, 0.29) is 5.91 Å². The summed E-state index contributed by atoms with van der Waals surface area (Å²) in [6.45, 7) is 5.53. The van der Waals surface area contributed by atoms with Crippen LogP contribution in [0.15, 0.2) is 30.3 Å². The molecule has 0 saturated heterocycles. The molecule has 1 atom stereocenters. The lowest BCUT2D eigenvalue weighted by molar-refractivity contribution is -0.122. The van der Waals surface area contributed by atoms with Gasteiger partial charge in [-0.15, -0.1) is 0 Å². The number of nitrogens with one attached hydrogen (secondary N) is 1. The molecule has 0 saturated carbocycles. The van der Waals surface area contributed by atoms with Crippen LogP contribution < -0.4 is 10.1 Å². The first-order chi connectivity index (χ1) is 10.8. The average Bonchev–Trinajstić information content (AvgIpc) is 2.48. The number of carbonyl (C=O) groups is 1. The highest BCUT2D eigenvalue weighted by Crippen LogP contribution is 2.34. The van der Waals surface area contributed by atoms with Crippen molar-refractivity contribution in [2.24, 2.45) is 0 Å². The zero-order valence-corrected chi connectivity index (χ0v) is 15.2. The molecule has 122 valence electrons. The highest BCUT2D eigenvalue weighted by Gasteiger charge is 2.18. The Morgan fingerprint density at radius 2 is 1.70 bits per heavy atom. The number of ether oxygens (including phenoxy) is 1. The zero-order chi connectivity index (χ0) is 17.1. The molecule has 6 heteroatoms. The maximum atomic E-state index is 12.3. The number of halogens is 3. The van der Waals surface area contributed by atoms with Gasteiger partial charge >= 0.3 is 0 Å². The molecule has 0 aromatic heterocycles. The summed E-state index contributed by atoms with van der Waals surface area (Å²) in [4.78, 5) is 12.3. The molecular formula is C17H16Cl3NO2. The van der Waals surface area contributed by atoms with Gasteiger partial charge in [0.2, 0.25) is 0 Å². The SMILES string of the molecule is Cc1ccc(C)c(NC(=O)C(C)Oc2cc(Cl)c(Cl)cc2Cl)c1. The molecule has 1 amide bonds. The van der Waals surface area contributed by atoms with Crippen molar-refractivity contribution in [3.8, 4) is 5.75 Å². The summed E-state index contributed by atoms with van der Waals surface area (Å²) in [5.41, 5.74) is 2.79. The Kier molecular flexibility index (Phi) is 5.79. The normalized spacial score (nSPS) is 11.9. The van der Waals surface area contributed by atoms with Crippen LogP contribution in [0.2, 0.25) is 15.1 Å². The third-order valence-electron chi connectivity index (χ3n) is 3.30. The number of carbonyl (C=O) groups excluding carboxylic acids is 1. The van der Waals surface area contributed by atoms with Gasteiger partial charge in [0.25, 0.3) is 5.91 Å². The summed E-state index contributed by atoms with van der Waals surface area (Å²) in [5, 5.41) is 3.79.